The van der Waals surface area contributed by atoms with Crippen LogP contribution in [0.25, 0.3) is 16.8 Å². The molecule has 0 aliphatic rings. The fourth-order valence-electron chi connectivity index (χ4n) is 2.68. The van der Waals surface area contributed by atoms with Crippen LogP contribution in [0.1, 0.15) is 15.9 Å². The predicted molar refractivity (Wildman–Crippen MR) is 99.5 cm³/mol. The van der Waals surface area contributed by atoms with Gasteiger partial charge in [0, 0.05) is 12.7 Å². The molecule has 0 saturated carbocycles. The van der Waals surface area contributed by atoms with Crippen LogP contribution >= 0.6 is 0 Å². The maximum absolute atomic E-state index is 12.7. The Morgan fingerprint density at radius 1 is 1.22 bits per heavy atom. The fraction of sp³-hybridized carbons (Fsp3) is 0.263. The van der Waals surface area contributed by atoms with Gasteiger partial charge in [-0.3, -0.25) is 4.79 Å². The van der Waals surface area contributed by atoms with Gasteiger partial charge < -0.3 is 15.2 Å². The Balaban J connectivity index is 1.99. The van der Waals surface area contributed by atoms with E-state index in [4.69, 9.17) is 4.74 Å². The highest BCUT2D eigenvalue weighted by atomic mass is 16.5. The molecule has 1 amide bonds. The molecule has 3 rings (SSSR count). The normalized spacial score (nSPS) is 12.0. The maximum Gasteiger partial charge on any atom is 0.251 e. The SMILES string of the molecule is COC[C@H](CO)NC(=O)c1cc(-c2ccc(C)cc2)cc(-n2cnnn2)c1. The third-order valence-electron chi connectivity index (χ3n) is 4.10. The highest BCUT2D eigenvalue weighted by Crippen LogP contribution is 2.24. The minimum atomic E-state index is -0.484. The van der Waals surface area contributed by atoms with Crippen molar-refractivity contribution in [2.75, 3.05) is 20.3 Å². The monoisotopic (exact) mass is 367 g/mol. The number of hydrogen-bond acceptors (Lipinski definition) is 6. The average molecular weight is 367 g/mol. The summed E-state index contributed by atoms with van der Waals surface area (Å²) in [6.45, 7) is 2.03. The fourth-order valence-corrected chi connectivity index (χ4v) is 2.68. The number of aliphatic hydroxyl groups is 1. The zero-order valence-corrected chi connectivity index (χ0v) is 15.2. The van der Waals surface area contributed by atoms with Crippen LogP contribution in [0.5, 0.6) is 0 Å². The third-order valence-corrected chi connectivity index (χ3v) is 4.10. The summed E-state index contributed by atoms with van der Waals surface area (Å²) in [6, 6.07) is 12.9. The standard InChI is InChI=1S/C19H21N5O3/c1-13-3-5-14(6-4-13)15-7-16(19(26)21-17(10-25)11-27-2)9-18(8-15)24-12-20-22-23-24/h3-9,12,17,25H,10-11H2,1-2H3,(H,21,26)/t17-/m0/s1. The number of ether oxygens (including phenoxy) is 1. The minimum Gasteiger partial charge on any atom is -0.394 e. The summed E-state index contributed by atoms with van der Waals surface area (Å²) in [5, 5.41) is 23.4. The van der Waals surface area contributed by atoms with Crippen LogP contribution < -0.4 is 5.32 Å². The number of carbonyl (C=O) groups is 1. The van der Waals surface area contributed by atoms with Crippen LogP contribution in [0.3, 0.4) is 0 Å². The van der Waals surface area contributed by atoms with Crippen molar-refractivity contribution in [2.24, 2.45) is 0 Å². The molecule has 0 spiro atoms. The Hall–Kier alpha value is -3.10. The number of aliphatic hydroxyl groups excluding tert-OH is 1. The van der Waals surface area contributed by atoms with E-state index in [1.807, 2.05) is 37.3 Å². The summed E-state index contributed by atoms with van der Waals surface area (Å²) < 4.78 is 6.51. The van der Waals surface area contributed by atoms with Crippen molar-refractivity contribution in [2.45, 2.75) is 13.0 Å². The van der Waals surface area contributed by atoms with E-state index in [1.54, 1.807) is 12.1 Å². The Morgan fingerprint density at radius 2 is 2.00 bits per heavy atom. The molecule has 2 N–H and O–H groups in total. The predicted octanol–water partition coefficient (Wildman–Crippen LogP) is 1.37. The Kier molecular flexibility index (Phi) is 5.90. The molecule has 0 unspecified atom stereocenters. The van der Waals surface area contributed by atoms with E-state index in [0.717, 1.165) is 16.7 Å². The molecule has 0 aliphatic carbocycles. The summed E-state index contributed by atoms with van der Waals surface area (Å²) >= 11 is 0. The van der Waals surface area contributed by atoms with Gasteiger partial charge in [0.25, 0.3) is 5.91 Å². The number of nitrogens with zero attached hydrogens (tertiary/aromatic N) is 4. The van der Waals surface area contributed by atoms with E-state index < -0.39 is 6.04 Å². The summed E-state index contributed by atoms with van der Waals surface area (Å²) in [5.74, 6) is -0.311. The molecule has 3 aromatic rings. The van der Waals surface area contributed by atoms with Crippen LogP contribution in [0.4, 0.5) is 0 Å². The molecule has 8 heteroatoms. The molecule has 8 nitrogen and oxygen atoms in total. The first-order valence-electron chi connectivity index (χ1n) is 8.47. The van der Waals surface area contributed by atoms with Crippen molar-refractivity contribution in [3.8, 4) is 16.8 Å². The van der Waals surface area contributed by atoms with Crippen LogP contribution in [0.2, 0.25) is 0 Å². The van der Waals surface area contributed by atoms with E-state index in [-0.39, 0.29) is 19.1 Å². The van der Waals surface area contributed by atoms with Crippen LogP contribution in [0.15, 0.2) is 48.8 Å². The van der Waals surface area contributed by atoms with Crippen LogP contribution in [-0.2, 0) is 4.74 Å². The zero-order valence-electron chi connectivity index (χ0n) is 15.2. The van der Waals surface area contributed by atoms with Crippen molar-refractivity contribution in [1.29, 1.82) is 0 Å². The second-order valence-corrected chi connectivity index (χ2v) is 6.20. The molecule has 2 aromatic carbocycles. The zero-order chi connectivity index (χ0) is 19.2. The summed E-state index contributed by atoms with van der Waals surface area (Å²) in [7, 11) is 1.52. The molecule has 0 aliphatic heterocycles. The third kappa shape index (κ3) is 4.55. The second-order valence-electron chi connectivity index (χ2n) is 6.20. The van der Waals surface area contributed by atoms with E-state index in [9.17, 15) is 9.90 Å². The Morgan fingerprint density at radius 3 is 2.63 bits per heavy atom. The Bertz CT molecular complexity index is 894. The van der Waals surface area contributed by atoms with Gasteiger partial charge in [0.15, 0.2) is 0 Å². The number of aryl methyl sites for hydroxylation is 1. The van der Waals surface area contributed by atoms with E-state index >= 15 is 0 Å². The number of amides is 1. The van der Waals surface area contributed by atoms with Crippen molar-refractivity contribution in [1.82, 2.24) is 25.5 Å². The molecule has 0 fully saturated rings. The van der Waals surface area contributed by atoms with Gasteiger partial charge in [-0.25, -0.2) is 4.68 Å². The van der Waals surface area contributed by atoms with Gasteiger partial charge in [0.05, 0.1) is 24.9 Å². The summed E-state index contributed by atoms with van der Waals surface area (Å²) in [5.41, 5.74) is 4.09. The van der Waals surface area contributed by atoms with Gasteiger partial charge in [-0.1, -0.05) is 29.8 Å². The number of rotatable bonds is 7. The molecular formula is C19H21N5O3. The lowest BCUT2D eigenvalue weighted by atomic mass is 10.0. The molecule has 0 saturated heterocycles. The van der Waals surface area contributed by atoms with Crippen molar-refractivity contribution < 1.29 is 14.6 Å². The maximum atomic E-state index is 12.7. The molecule has 0 bridgehead atoms. The number of tetrazole rings is 1. The lowest BCUT2D eigenvalue weighted by Gasteiger charge is -2.16. The molecule has 1 atom stereocenters. The molecular weight excluding hydrogens is 346 g/mol. The second kappa shape index (κ2) is 8.52. The van der Waals surface area contributed by atoms with Gasteiger partial charge in [-0.05, 0) is 46.7 Å². The average Bonchev–Trinajstić information content (AvgIpc) is 3.22. The Labute approximate surface area is 156 Å². The molecule has 0 radical (unpaired) electrons. The molecule has 140 valence electrons. The summed E-state index contributed by atoms with van der Waals surface area (Å²) in [4.78, 5) is 12.7. The minimum absolute atomic E-state index is 0.211. The van der Waals surface area contributed by atoms with Gasteiger partial charge >= 0.3 is 0 Å². The molecule has 1 heterocycles. The number of nitrogens with one attached hydrogen (secondary N) is 1. The van der Waals surface area contributed by atoms with E-state index in [0.29, 0.717) is 11.3 Å². The lowest BCUT2D eigenvalue weighted by Crippen LogP contribution is -2.40. The van der Waals surface area contributed by atoms with Gasteiger partial charge in [-0.2, -0.15) is 0 Å². The van der Waals surface area contributed by atoms with E-state index in [1.165, 1.54) is 18.1 Å². The van der Waals surface area contributed by atoms with Crippen molar-refractivity contribution in [3.05, 3.63) is 59.9 Å². The van der Waals surface area contributed by atoms with Crippen molar-refractivity contribution in [3.63, 3.8) is 0 Å². The number of aromatic nitrogens is 4. The van der Waals surface area contributed by atoms with Crippen LogP contribution in [-0.4, -0.2) is 57.6 Å². The number of carbonyl (C=O) groups excluding carboxylic acids is 1. The first-order chi connectivity index (χ1) is 13.1. The lowest BCUT2D eigenvalue weighted by molar-refractivity contribution is 0.0839. The van der Waals surface area contributed by atoms with Gasteiger partial charge in [-0.15, -0.1) is 5.10 Å². The highest BCUT2D eigenvalue weighted by Gasteiger charge is 2.15. The molecule has 27 heavy (non-hydrogen) atoms. The largest absolute Gasteiger partial charge is 0.394 e. The smallest absolute Gasteiger partial charge is 0.251 e. The quantitative estimate of drug-likeness (QED) is 0.654. The number of hydrogen-bond donors (Lipinski definition) is 2. The van der Waals surface area contributed by atoms with Gasteiger partial charge in [0.2, 0.25) is 0 Å². The number of methoxy groups -OCH3 is 1. The van der Waals surface area contributed by atoms with Gasteiger partial charge in [0.1, 0.15) is 6.33 Å². The van der Waals surface area contributed by atoms with Crippen molar-refractivity contribution >= 4 is 5.91 Å². The topological polar surface area (TPSA) is 102 Å². The van der Waals surface area contributed by atoms with E-state index in [2.05, 4.69) is 20.8 Å². The summed E-state index contributed by atoms with van der Waals surface area (Å²) in [6.07, 6.45) is 1.47. The number of benzene rings is 2. The first kappa shape index (κ1) is 18.7. The molecule has 1 aromatic heterocycles. The van der Waals surface area contributed by atoms with Crippen LogP contribution in [0, 0.1) is 6.92 Å². The first-order valence-corrected chi connectivity index (χ1v) is 8.47. The highest BCUT2D eigenvalue weighted by molar-refractivity contribution is 5.96.